The van der Waals surface area contributed by atoms with Crippen LogP contribution in [-0.4, -0.2) is 33.7 Å². The third kappa shape index (κ3) is 2.41. The lowest BCUT2D eigenvalue weighted by molar-refractivity contribution is 0.244. The summed E-state index contributed by atoms with van der Waals surface area (Å²) in [6.45, 7) is 4.17. The van der Waals surface area contributed by atoms with E-state index in [-0.39, 0.29) is 0 Å². The summed E-state index contributed by atoms with van der Waals surface area (Å²) >= 11 is 0. The van der Waals surface area contributed by atoms with Gasteiger partial charge in [0.25, 0.3) is 0 Å². The molecule has 3 rings (SSSR count). The molecular formula is C15H21N5. The van der Waals surface area contributed by atoms with E-state index in [9.17, 15) is 0 Å². The summed E-state index contributed by atoms with van der Waals surface area (Å²) in [5.74, 6) is 0.972. The van der Waals surface area contributed by atoms with Crippen LogP contribution in [0.4, 0.5) is 5.82 Å². The Morgan fingerprint density at radius 2 is 2.40 bits per heavy atom. The molecule has 20 heavy (non-hydrogen) atoms. The highest BCUT2D eigenvalue weighted by Gasteiger charge is 2.28. The van der Waals surface area contributed by atoms with E-state index in [1.807, 2.05) is 25.5 Å². The molecular weight excluding hydrogens is 250 g/mol. The number of nitrogens with zero attached hydrogens (tertiary/aromatic N) is 3. The van der Waals surface area contributed by atoms with Gasteiger partial charge in [0, 0.05) is 25.4 Å². The topological polar surface area (TPSA) is 56.8 Å². The maximum atomic E-state index is 4.39. The summed E-state index contributed by atoms with van der Waals surface area (Å²) in [5, 5.41) is 10.5. The van der Waals surface area contributed by atoms with Crippen molar-refractivity contribution in [2.24, 2.45) is 0 Å². The smallest absolute Gasteiger partial charge is 0.130 e. The number of pyridine rings is 1. The Balaban J connectivity index is 1.81. The molecule has 0 aliphatic carbocycles. The third-order valence-corrected chi connectivity index (χ3v) is 4.07. The van der Waals surface area contributed by atoms with E-state index in [1.165, 1.54) is 29.7 Å². The first-order valence-corrected chi connectivity index (χ1v) is 7.15. The zero-order chi connectivity index (χ0) is 13.9. The van der Waals surface area contributed by atoms with Crippen molar-refractivity contribution in [3.05, 3.63) is 41.3 Å². The number of nitrogens with one attached hydrogen (secondary N) is 2. The molecule has 106 valence electrons. The van der Waals surface area contributed by atoms with Gasteiger partial charge in [-0.15, -0.1) is 0 Å². The van der Waals surface area contributed by atoms with Crippen LogP contribution in [0.5, 0.6) is 0 Å². The van der Waals surface area contributed by atoms with E-state index in [1.54, 1.807) is 0 Å². The van der Waals surface area contributed by atoms with Crippen molar-refractivity contribution in [2.75, 3.05) is 18.9 Å². The second-order valence-electron chi connectivity index (χ2n) is 5.36. The minimum atomic E-state index is 0.447. The monoisotopic (exact) mass is 271 g/mol. The Kier molecular flexibility index (Phi) is 3.69. The molecule has 1 aliphatic heterocycles. The Morgan fingerprint density at radius 3 is 3.15 bits per heavy atom. The number of H-pyrrole nitrogens is 1. The van der Waals surface area contributed by atoms with Gasteiger partial charge in [-0.3, -0.25) is 10.00 Å². The first-order valence-electron chi connectivity index (χ1n) is 7.15. The zero-order valence-corrected chi connectivity index (χ0v) is 12.1. The lowest BCUT2D eigenvalue weighted by Gasteiger charge is -2.24. The predicted octanol–water partition coefficient (Wildman–Crippen LogP) is 2.49. The number of aryl methyl sites for hydroxylation is 1. The summed E-state index contributed by atoms with van der Waals surface area (Å²) in [6, 6.07) is 4.60. The van der Waals surface area contributed by atoms with Crippen LogP contribution in [0.1, 0.15) is 35.7 Å². The molecule has 0 unspecified atom stereocenters. The fraction of sp³-hybridized carbons (Fsp3) is 0.467. The number of hydrogen-bond donors (Lipinski definition) is 2. The summed E-state index contributed by atoms with van der Waals surface area (Å²) < 4.78 is 0. The van der Waals surface area contributed by atoms with Crippen LogP contribution in [-0.2, 0) is 6.54 Å². The number of rotatable bonds is 4. The molecule has 1 fully saturated rings. The van der Waals surface area contributed by atoms with Gasteiger partial charge in [0.2, 0.25) is 0 Å². The van der Waals surface area contributed by atoms with Crippen molar-refractivity contribution in [2.45, 2.75) is 32.4 Å². The molecule has 5 heteroatoms. The van der Waals surface area contributed by atoms with Gasteiger partial charge in [0.1, 0.15) is 5.82 Å². The maximum absolute atomic E-state index is 4.39. The largest absolute Gasteiger partial charge is 0.373 e. The number of aromatic nitrogens is 3. The zero-order valence-electron chi connectivity index (χ0n) is 12.1. The lowest BCUT2D eigenvalue weighted by Crippen LogP contribution is -2.24. The molecule has 0 saturated carbocycles. The molecule has 2 N–H and O–H groups in total. The first-order chi connectivity index (χ1) is 9.79. The van der Waals surface area contributed by atoms with Crippen LogP contribution in [0.3, 0.4) is 0 Å². The second kappa shape index (κ2) is 5.63. The Bertz CT molecular complexity index is 577. The number of anilines is 1. The molecule has 5 nitrogen and oxygen atoms in total. The van der Waals surface area contributed by atoms with E-state index in [0.717, 1.165) is 18.9 Å². The molecule has 1 aliphatic rings. The van der Waals surface area contributed by atoms with Crippen LogP contribution in [0.15, 0.2) is 24.5 Å². The fourth-order valence-electron chi connectivity index (χ4n) is 3.05. The minimum absolute atomic E-state index is 0.447. The molecule has 0 amide bonds. The van der Waals surface area contributed by atoms with Gasteiger partial charge in [0.05, 0.1) is 17.9 Å². The first kappa shape index (κ1) is 13.1. The molecule has 0 radical (unpaired) electrons. The van der Waals surface area contributed by atoms with Crippen LogP contribution < -0.4 is 5.32 Å². The van der Waals surface area contributed by atoms with E-state index < -0.39 is 0 Å². The Hall–Kier alpha value is -1.88. The second-order valence-corrected chi connectivity index (χ2v) is 5.36. The van der Waals surface area contributed by atoms with Crippen molar-refractivity contribution in [1.29, 1.82) is 0 Å². The van der Waals surface area contributed by atoms with Crippen LogP contribution >= 0.6 is 0 Å². The predicted molar refractivity (Wildman–Crippen MR) is 79.5 cm³/mol. The lowest BCUT2D eigenvalue weighted by atomic mass is 10.1. The van der Waals surface area contributed by atoms with Gasteiger partial charge < -0.3 is 5.32 Å². The summed E-state index contributed by atoms with van der Waals surface area (Å²) in [6.07, 6.45) is 6.17. The molecule has 2 aromatic rings. The number of aromatic amines is 1. The average Bonchev–Trinajstić information content (AvgIpc) is 3.08. The molecule has 0 aromatic carbocycles. The quantitative estimate of drug-likeness (QED) is 0.897. The van der Waals surface area contributed by atoms with Gasteiger partial charge >= 0.3 is 0 Å². The van der Waals surface area contributed by atoms with Gasteiger partial charge in [-0.2, -0.15) is 5.10 Å². The van der Waals surface area contributed by atoms with Gasteiger partial charge in [-0.1, -0.05) is 6.07 Å². The standard InChI is InChI=1S/C15H21N5/c1-11-9-18-19-14(11)13-6-4-8-20(13)10-12-5-3-7-17-15(12)16-2/h3,5,7,9,13H,4,6,8,10H2,1-2H3,(H,16,17)(H,18,19)/t13-/m0/s1. The van der Waals surface area contributed by atoms with Crippen LogP contribution in [0.2, 0.25) is 0 Å². The van der Waals surface area contributed by atoms with Gasteiger partial charge in [0.15, 0.2) is 0 Å². The molecule has 2 aromatic heterocycles. The fourth-order valence-corrected chi connectivity index (χ4v) is 3.05. The highest BCUT2D eigenvalue weighted by Crippen LogP contribution is 2.34. The average molecular weight is 271 g/mol. The molecule has 1 atom stereocenters. The van der Waals surface area contributed by atoms with E-state index in [0.29, 0.717) is 6.04 Å². The highest BCUT2D eigenvalue weighted by molar-refractivity contribution is 5.43. The van der Waals surface area contributed by atoms with Crippen molar-refractivity contribution in [3.8, 4) is 0 Å². The summed E-state index contributed by atoms with van der Waals surface area (Å²) in [7, 11) is 1.92. The van der Waals surface area contributed by atoms with Crippen molar-refractivity contribution >= 4 is 5.82 Å². The number of likely N-dealkylation sites (tertiary alicyclic amines) is 1. The Morgan fingerprint density at radius 1 is 1.50 bits per heavy atom. The highest BCUT2D eigenvalue weighted by atomic mass is 15.2. The minimum Gasteiger partial charge on any atom is -0.373 e. The van der Waals surface area contributed by atoms with E-state index in [2.05, 4.69) is 38.4 Å². The maximum Gasteiger partial charge on any atom is 0.130 e. The normalized spacial score (nSPS) is 19.4. The molecule has 0 bridgehead atoms. The summed E-state index contributed by atoms with van der Waals surface area (Å²) in [5.41, 5.74) is 3.76. The molecule has 1 saturated heterocycles. The van der Waals surface area contributed by atoms with Gasteiger partial charge in [-0.25, -0.2) is 4.98 Å². The van der Waals surface area contributed by atoms with Crippen molar-refractivity contribution in [1.82, 2.24) is 20.1 Å². The SMILES string of the molecule is CNc1ncccc1CN1CCC[C@H]1c1[nH]ncc1C. The van der Waals surface area contributed by atoms with Crippen molar-refractivity contribution < 1.29 is 0 Å². The summed E-state index contributed by atoms with van der Waals surface area (Å²) in [4.78, 5) is 6.90. The van der Waals surface area contributed by atoms with Crippen molar-refractivity contribution in [3.63, 3.8) is 0 Å². The van der Waals surface area contributed by atoms with Crippen LogP contribution in [0, 0.1) is 6.92 Å². The Labute approximate surface area is 119 Å². The number of hydrogen-bond acceptors (Lipinski definition) is 4. The molecule has 0 spiro atoms. The van der Waals surface area contributed by atoms with Crippen LogP contribution in [0.25, 0.3) is 0 Å². The van der Waals surface area contributed by atoms with E-state index in [4.69, 9.17) is 0 Å². The van der Waals surface area contributed by atoms with Gasteiger partial charge in [-0.05, 0) is 37.9 Å². The van der Waals surface area contributed by atoms with E-state index >= 15 is 0 Å². The molecule has 3 heterocycles. The third-order valence-electron chi connectivity index (χ3n) is 4.07.